The third-order valence-corrected chi connectivity index (χ3v) is 8.30. The lowest BCUT2D eigenvalue weighted by Gasteiger charge is -2.34. The number of rotatable bonds is 5. The molecule has 180 valence electrons. The van der Waals surface area contributed by atoms with Crippen LogP contribution in [-0.2, 0) is 10.0 Å². The van der Waals surface area contributed by atoms with Crippen molar-refractivity contribution in [3.05, 3.63) is 70.0 Å². The van der Waals surface area contributed by atoms with E-state index in [1.54, 1.807) is 24.0 Å². The molecule has 8 heteroatoms. The molecule has 0 bridgehead atoms. The van der Waals surface area contributed by atoms with Crippen molar-refractivity contribution in [2.75, 3.05) is 23.9 Å². The third-order valence-electron chi connectivity index (χ3n) is 6.40. The van der Waals surface area contributed by atoms with Crippen LogP contribution in [0, 0.1) is 18.8 Å². The average molecular weight is 482 g/mol. The molecular weight excluding hydrogens is 450 g/mol. The Morgan fingerprint density at radius 3 is 2.47 bits per heavy atom. The summed E-state index contributed by atoms with van der Waals surface area (Å²) < 4.78 is 28.3. The summed E-state index contributed by atoms with van der Waals surface area (Å²) in [6, 6.07) is 11.7. The number of sulfonamides is 1. The molecular formula is C26H31N3O4S. The van der Waals surface area contributed by atoms with Crippen LogP contribution < -0.4 is 9.73 Å². The van der Waals surface area contributed by atoms with Gasteiger partial charge in [-0.3, -0.25) is 13.9 Å². The fourth-order valence-electron chi connectivity index (χ4n) is 4.92. The van der Waals surface area contributed by atoms with Crippen molar-refractivity contribution in [2.24, 2.45) is 11.8 Å². The van der Waals surface area contributed by atoms with E-state index in [0.29, 0.717) is 36.1 Å². The number of aromatic nitrogens is 1. The number of nitrogens with one attached hydrogen (secondary N) is 1. The molecule has 1 aliphatic heterocycles. The molecule has 2 heterocycles. The van der Waals surface area contributed by atoms with Crippen LogP contribution >= 0.6 is 0 Å². The number of nitrogens with zero attached hydrogens (tertiary/aromatic N) is 2. The zero-order valence-corrected chi connectivity index (χ0v) is 20.9. The second-order valence-corrected chi connectivity index (χ2v) is 11.3. The Morgan fingerprint density at radius 2 is 1.82 bits per heavy atom. The summed E-state index contributed by atoms with van der Waals surface area (Å²) in [4.78, 5) is 31.3. The number of piperidine rings is 1. The van der Waals surface area contributed by atoms with Crippen LogP contribution in [0.15, 0.2) is 58.4 Å². The van der Waals surface area contributed by atoms with Crippen LogP contribution in [0.3, 0.4) is 0 Å². The van der Waals surface area contributed by atoms with E-state index in [1.165, 1.54) is 22.6 Å². The Kier molecular flexibility index (Phi) is 6.53. The molecule has 2 aromatic carbocycles. The number of fused-ring (bicyclic) bond motifs is 1. The molecule has 0 saturated carbocycles. The summed E-state index contributed by atoms with van der Waals surface area (Å²) >= 11 is 0. The van der Waals surface area contributed by atoms with Crippen molar-refractivity contribution < 1.29 is 13.2 Å². The van der Waals surface area contributed by atoms with Gasteiger partial charge in [0.05, 0.1) is 10.6 Å². The molecule has 7 nitrogen and oxygen atoms in total. The monoisotopic (exact) mass is 481 g/mol. The maximum absolute atomic E-state index is 13.5. The number of benzene rings is 2. The van der Waals surface area contributed by atoms with Gasteiger partial charge in [-0.25, -0.2) is 8.42 Å². The van der Waals surface area contributed by atoms with Crippen LogP contribution in [-0.4, -0.2) is 43.8 Å². The SMILES string of the molecule is CCN(c1cccc(C)c1)S(=O)(=O)c1ccc2[nH]cc(C(=O)N3C[C@H](C)C[C@@H](C)C3)c(=O)c2c1. The van der Waals surface area contributed by atoms with E-state index in [-0.39, 0.29) is 28.3 Å². The lowest BCUT2D eigenvalue weighted by molar-refractivity contribution is 0.0621. The van der Waals surface area contributed by atoms with E-state index in [1.807, 2.05) is 25.1 Å². The number of aromatic amines is 1. The fraction of sp³-hybridized carbons (Fsp3) is 0.385. The van der Waals surface area contributed by atoms with E-state index < -0.39 is 15.5 Å². The molecule has 2 atom stereocenters. The van der Waals surface area contributed by atoms with Gasteiger partial charge in [0.25, 0.3) is 15.9 Å². The molecule has 34 heavy (non-hydrogen) atoms. The molecule has 1 aliphatic rings. The summed E-state index contributed by atoms with van der Waals surface area (Å²) in [7, 11) is -3.91. The summed E-state index contributed by atoms with van der Waals surface area (Å²) in [5.74, 6) is 0.418. The smallest absolute Gasteiger partial charge is 0.264 e. The summed E-state index contributed by atoms with van der Waals surface area (Å²) in [6.07, 6.45) is 2.49. The molecule has 1 aromatic heterocycles. The minimum atomic E-state index is -3.91. The van der Waals surface area contributed by atoms with Gasteiger partial charge in [0.1, 0.15) is 5.56 Å². The number of pyridine rings is 1. The Balaban J connectivity index is 1.75. The van der Waals surface area contributed by atoms with Crippen molar-refractivity contribution >= 4 is 32.5 Å². The number of likely N-dealkylation sites (tertiary alicyclic amines) is 1. The molecule has 0 unspecified atom stereocenters. The molecule has 3 aromatic rings. The highest BCUT2D eigenvalue weighted by Gasteiger charge is 2.29. The molecule has 0 spiro atoms. The molecule has 4 rings (SSSR count). The Morgan fingerprint density at radius 1 is 1.12 bits per heavy atom. The van der Waals surface area contributed by atoms with E-state index in [9.17, 15) is 18.0 Å². The number of carbonyl (C=O) groups excluding carboxylic acids is 1. The maximum Gasteiger partial charge on any atom is 0.264 e. The van der Waals surface area contributed by atoms with Crippen molar-refractivity contribution in [2.45, 2.75) is 39.0 Å². The Hall–Kier alpha value is -3.13. The van der Waals surface area contributed by atoms with Crippen molar-refractivity contribution in [3.63, 3.8) is 0 Å². The first-order valence-electron chi connectivity index (χ1n) is 11.7. The van der Waals surface area contributed by atoms with Crippen LogP contribution in [0.25, 0.3) is 10.9 Å². The fourth-order valence-corrected chi connectivity index (χ4v) is 6.41. The van der Waals surface area contributed by atoms with Crippen molar-refractivity contribution in [1.82, 2.24) is 9.88 Å². The largest absolute Gasteiger partial charge is 0.360 e. The number of aryl methyl sites for hydroxylation is 1. The van der Waals surface area contributed by atoms with E-state index >= 15 is 0 Å². The van der Waals surface area contributed by atoms with E-state index in [0.717, 1.165) is 12.0 Å². The summed E-state index contributed by atoms with van der Waals surface area (Å²) in [5, 5.41) is 0.185. The quantitative estimate of drug-likeness (QED) is 0.592. The van der Waals surface area contributed by atoms with Gasteiger partial charge in [-0.1, -0.05) is 26.0 Å². The number of carbonyl (C=O) groups is 1. The number of hydrogen-bond donors (Lipinski definition) is 1. The van der Waals surface area contributed by atoms with Crippen molar-refractivity contribution in [3.8, 4) is 0 Å². The predicted molar refractivity (Wildman–Crippen MR) is 135 cm³/mol. The molecule has 1 amide bonds. The van der Waals surface area contributed by atoms with Gasteiger partial charge in [-0.15, -0.1) is 0 Å². The lowest BCUT2D eigenvalue weighted by Crippen LogP contribution is -2.44. The number of hydrogen-bond acceptors (Lipinski definition) is 4. The summed E-state index contributed by atoms with van der Waals surface area (Å²) in [5.41, 5.74) is 1.58. The highest BCUT2D eigenvalue weighted by molar-refractivity contribution is 7.92. The summed E-state index contributed by atoms with van der Waals surface area (Å²) in [6.45, 7) is 9.34. The van der Waals surface area contributed by atoms with Gasteiger partial charge in [-0.05, 0) is 68.0 Å². The van der Waals surface area contributed by atoms with Gasteiger partial charge in [-0.2, -0.15) is 0 Å². The molecule has 1 fully saturated rings. The van der Waals surface area contributed by atoms with Crippen LogP contribution in [0.5, 0.6) is 0 Å². The van der Waals surface area contributed by atoms with Gasteiger partial charge in [0.2, 0.25) is 5.43 Å². The number of anilines is 1. The minimum absolute atomic E-state index is 0.0127. The van der Waals surface area contributed by atoms with Crippen LogP contribution in [0.1, 0.15) is 43.1 Å². The second-order valence-electron chi connectivity index (χ2n) is 9.40. The Bertz CT molecular complexity index is 1390. The van der Waals surface area contributed by atoms with E-state index in [4.69, 9.17) is 0 Å². The molecule has 1 saturated heterocycles. The maximum atomic E-state index is 13.5. The zero-order chi connectivity index (χ0) is 24.6. The highest BCUT2D eigenvalue weighted by Crippen LogP contribution is 2.26. The average Bonchev–Trinajstić information content (AvgIpc) is 2.78. The molecule has 0 aliphatic carbocycles. The van der Waals surface area contributed by atoms with Crippen molar-refractivity contribution in [1.29, 1.82) is 0 Å². The lowest BCUT2D eigenvalue weighted by atomic mass is 9.91. The zero-order valence-electron chi connectivity index (χ0n) is 20.0. The minimum Gasteiger partial charge on any atom is -0.360 e. The topological polar surface area (TPSA) is 90.6 Å². The highest BCUT2D eigenvalue weighted by atomic mass is 32.2. The molecule has 1 N–H and O–H groups in total. The van der Waals surface area contributed by atoms with Crippen LogP contribution in [0.2, 0.25) is 0 Å². The first-order chi connectivity index (χ1) is 16.1. The van der Waals surface area contributed by atoms with Gasteiger partial charge < -0.3 is 9.88 Å². The molecule has 0 radical (unpaired) electrons. The predicted octanol–water partition coefficient (Wildman–Crippen LogP) is 4.17. The van der Waals surface area contributed by atoms with Crippen LogP contribution in [0.4, 0.5) is 5.69 Å². The third kappa shape index (κ3) is 4.46. The normalized spacial score (nSPS) is 18.8. The first kappa shape index (κ1) is 24.0. The van der Waals surface area contributed by atoms with Gasteiger partial charge in [0, 0.05) is 36.7 Å². The van der Waals surface area contributed by atoms with Gasteiger partial charge >= 0.3 is 0 Å². The first-order valence-corrected chi connectivity index (χ1v) is 13.1. The van der Waals surface area contributed by atoms with Gasteiger partial charge in [0.15, 0.2) is 0 Å². The number of amides is 1. The Labute approximate surface area is 200 Å². The standard InChI is InChI=1S/C26H31N3O4S/c1-5-29(20-8-6-7-17(2)12-20)34(32,33)21-9-10-24-22(13-21)25(30)23(14-27-24)26(31)28-15-18(3)11-19(4)16-28/h6-10,12-14,18-19H,5,11,15-16H2,1-4H3,(H,27,30)/t18-,19-/m1/s1. The number of H-pyrrole nitrogens is 1. The second kappa shape index (κ2) is 9.25. The van der Waals surface area contributed by atoms with E-state index in [2.05, 4.69) is 18.8 Å².